The van der Waals surface area contributed by atoms with Crippen molar-refractivity contribution in [3.8, 4) is 5.75 Å². The molecule has 0 N–H and O–H groups in total. The molecular formula is C25H36N2O4. The molecule has 3 heterocycles. The summed E-state index contributed by atoms with van der Waals surface area (Å²) in [5.74, 6) is 1.37. The number of ether oxygens (including phenoxy) is 2. The lowest BCUT2D eigenvalue weighted by Crippen LogP contribution is -2.51. The SMILES string of the molecule is COc1ccc(CCC(=O)N2CCC(C(=O)N3CCC4(CCCCO4)CC3)CC2)cc1. The van der Waals surface area contributed by atoms with Crippen LogP contribution in [0.1, 0.15) is 56.9 Å². The summed E-state index contributed by atoms with van der Waals surface area (Å²) in [5, 5.41) is 0. The fourth-order valence-corrected chi connectivity index (χ4v) is 5.27. The lowest BCUT2D eigenvalue weighted by Gasteiger charge is -2.45. The molecule has 0 bridgehead atoms. The minimum absolute atomic E-state index is 0.0364. The number of aryl methyl sites for hydroxylation is 1. The topological polar surface area (TPSA) is 59.1 Å². The monoisotopic (exact) mass is 428 g/mol. The molecule has 3 saturated heterocycles. The highest BCUT2D eigenvalue weighted by molar-refractivity contribution is 5.80. The Labute approximate surface area is 185 Å². The Kier molecular flexibility index (Phi) is 7.16. The molecule has 3 fully saturated rings. The lowest BCUT2D eigenvalue weighted by molar-refractivity contribution is -0.149. The summed E-state index contributed by atoms with van der Waals surface area (Å²) in [6, 6.07) is 7.88. The van der Waals surface area contributed by atoms with Crippen molar-refractivity contribution in [3.63, 3.8) is 0 Å². The van der Waals surface area contributed by atoms with E-state index in [4.69, 9.17) is 9.47 Å². The van der Waals surface area contributed by atoms with Gasteiger partial charge < -0.3 is 19.3 Å². The molecule has 0 saturated carbocycles. The van der Waals surface area contributed by atoms with Crippen LogP contribution in [0, 0.1) is 5.92 Å². The fourth-order valence-electron chi connectivity index (χ4n) is 5.27. The summed E-state index contributed by atoms with van der Waals surface area (Å²) < 4.78 is 11.3. The molecule has 170 valence electrons. The number of methoxy groups -OCH3 is 1. The van der Waals surface area contributed by atoms with Gasteiger partial charge in [0.1, 0.15) is 5.75 Å². The van der Waals surface area contributed by atoms with Gasteiger partial charge in [0.2, 0.25) is 11.8 Å². The van der Waals surface area contributed by atoms with Crippen molar-refractivity contribution >= 4 is 11.8 Å². The molecule has 3 aliphatic rings. The van der Waals surface area contributed by atoms with E-state index < -0.39 is 0 Å². The number of carbonyl (C=O) groups excluding carboxylic acids is 2. The van der Waals surface area contributed by atoms with E-state index in [2.05, 4.69) is 4.90 Å². The quantitative estimate of drug-likeness (QED) is 0.721. The van der Waals surface area contributed by atoms with E-state index in [9.17, 15) is 9.59 Å². The van der Waals surface area contributed by atoms with Gasteiger partial charge in [0, 0.05) is 45.1 Å². The number of rotatable bonds is 5. The predicted octanol–water partition coefficient (Wildman–Crippen LogP) is 3.43. The van der Waals surface area contributed by atoms with Crippen molar-refractivity contribution in [2.24, 2.45) is 5.92 Å². The second-order valence-corrected chi connectivity index (χ2v) is 9.32. The summed E-state index contributed by atoms with van der Waals surface area (Å²) in [4.78, 5) is 29.7. The molecule has 0 atom stereocenters. The number of likely N-dealkylation sites (tertiary alicyclic amines) is 2. The van der Waals surface area contributed by atoms with Crippen LogP contribution in [-0.4, -0.2) is 67.1 Å². The first kappa shape index (κ1) is 22.1. The zero-order chi connectivity index (χ0) is 21.7. The number of benzene rings is 1. The third-order valence-corrected chi connectivity index (χ3v) is 7.40. The van der Waals surface area contributed by atoms with Gasteiger partial charge in [0.25, 0.3) is 0 Å². The van der Waals surface area contributed by atoms with E-state index in [1.165, 1.54) is 12.8 Å². The van der Waals surface area contributed by atoms with Crippen molar-refractivity contribution < 1.29 is 19.1 Å². The van der Waals surface area contributed by atoms with Gasteiger partial charge in [-0.3, -0.25) is 9.59 Å². The summed E-state index contributed by atoms with van der Waals surface area (Å²) in [6.07, 6.45) is 8.32. The van der Waals surface area contributed by atoms with Crippen LogP contribution in [0.3, 0.4) is 0 Å². The first-order valence-electron chi connectivity index (χ1n) is 11.9. The van der Waals surface area contributed by atoms with Crippen LogP contribution >= 0.6 is 0 Å². The van der Waals surface area contributed by atoms with E-state index in [1.54, 1.807) is 7.11 Å². The van der Waals surface area contributed by atoms with Crippen LogP contribution < -0.4 is 4.74 Å². The van der Waals surface area contributed by atoms with Crippen LogP contribution in [-0.2, 0) is 20.7 Å². The van der Waals surface area contributed by atoms with Gasteiger partial charge >= 0.3 is 0 Å². The first-order chi connectivity index (χ1) is 15.1. The van der Waals surface area contributed by atoms with E-state index >= 15 is 0 Å². The van der Waals surface area contributed by atoms with Crippen molar-refractivity contribution in [1.29, 1.82) is 0 Å². The van der Waals surface area contributed by atoms with Gasteiger partial charge in [-0.2, -0.15) is 0 Å². The van der Waals surface area contributed by atoms with Gasteiger partial charge in [0.05, 0.1) is 12.7 Å². The standard InChI is InChI=1S/C25H36N2O4/c1-30-22-7-4-20(5-8-22)6-9-23(28)26-15-10-21(11-16-26)24(29)27-17-13-25(14-18-27)12-2-3-19-31-25/h4-5,7-8,21H,2-3,6,9-19H2,1H3. The van der Waals surface area contributed by atoms with Crippen molar-refractivity contribution in [2.75, 3.05) is 39.9 Å². The molecule has 6 nitrogen and oxygen atoms in total. The second-order valence-electron chi connectivity index (χ2n) is 9.32. The number of piperidine rings is 2. The summed E-state index contributed by atoms with van der Waals surface area (Å²) in [7, 11) is 1.65. The molecule has 6 heteroatoms. The molecule has 1 spiro atoms. The van der Waals surface area contributed by atoms with Crippen molar-refractivity contribution in [3.05, 3.63) is 29.8 Å². The normalized spacial score (nSPS) is 21.8. The predicted molar refractivity (Wildman–Crippen MR) is 119 cm³/mol. The third kappa shape index (κ3) is 5.40. The molecule has 3 aliphatic heterocycles. The maximum Gasteiger partial charge on any atom is 0.225 e. The average Bonchev–Trinajstić information content (AvgIpc) is 2.83. The number of hydrogen-bond donors (Lipinski definition) is 0. The highest BCUT2D eigenvalue weighted by Crippen LogP contribution is 2.35. The molecule has 0 aromatic heterocycles. The highest BCUT2D eigenvalue weighted by atomic mass is 16.5. The Morgan fingerprint density at radius 1 is 1.00 bits per heavy atom. The summed E-state index contributed by atoms with van der Waals surface area (Å²) in [6.45, 7) is 3.90. The van der Waals surface area contributed by atoms with E-state index in [0.717, 1.165) is 69.5 Å². The number of carbonyl (C=O) groups is 2. The van der Waals surface area contributed by atoms with Crippen LogP contribution in [0.5, 0.6) is 5.75 Å². The first-order valence-corrected chi connectivity index (χ1v) is 11.9. The summed E-state index contributed by atoms with van der Waals surface area (Å²) >= 11 is 0. The molecule has 0 radical (unpaired) electrons. The molecule has 1 aromatic carbocycles. The van der Waals surface area contributed by atoms with Crippen LogP contribution in [0.2, 0.25) is 0 Å². The minimum atomic E-state index is 0.0364. The zero-order valence-corrected chi connectivity index (χ0v) is 18.8. The Morgan fingerprint density at radius 2 is 1.71 bits per heavy atom. The molecule has 31 heavy (non-hydrogen) atoms. The third-order valence-electron chi connectivity index (χ3n) is 7.40. The Hall–Kier alpha value is -2.08. The van der Waals surface area contributed by atoms with Crippen molar-refractivity contribution in [2.45, 2.75) is 63.4 Å². The van der Waals surface area contributed by atoms with Gasteiger partial charge in [0.15, 0.2) is 0 Å². The Bertz CT molecular complexity index is 739. The molecule has 4 rings (SSSR count). The van der Waals surface area contributed by atoms with Gasteiger partial charge in [-0.1, -0.05) is 12.1 Å². The molecule has 1 aromatic rings. The molecule has 2 amide bonds. The summed E-state index contributed by atoms with van der Waals surface area (Å²) in [5.41, 5.74) is 1.18. The van der Waals surface area contributed by atoms with Crippen LogP contribution in [0.4, 0.5) is 0 Å². The maximum atomic E-state index is 13.0. The van der Waals surface area contributed by atoms with Crippen molar-refractivity contribution in [1.82, 2.24) is 9.80 Å². The number of hydrogen-bond acceptors (Lipinski definition) is 4. The van der Waals surface area contributed by atoms with Gasteiger partial charge in [-0.25, -0.2) is 0 Å². The molecular weight excluding hydrogens is 392 g/mol. The van der Waals surface area contributed by atoms with Gasteiger partial charge in [-0.15, -0.1) is 0 Å². The fraction of sp³-hybridized carbons (Fsp3) is 0.680. The molecule has 0 unspecified atom stereocenters. The van der Waals surface area contributed by atoms with Crippen LogP contribution in [0.15, 0.2) is 24.3 Å². The molecule has 0 aliphatic carbocycles. The highest BCUT2D eigenvalue weighted by Gasteiger charge is 2.39. The largest absolute Gasteiger partial charge is 0.497 e. The van der Waals surface area contributed by atoms with E-state index in [1.807, 2.05) is 29.2 Å². The Morgan fingerprint density at radius 3 is 2.32 bits per heavy atom. The second kappa shape index (κ2) is 10.0. The average molecular weight is 429 g/mol. The number of nitrogens with zero attached hydrogens (tertiary/aromatic N) is 2. The lowest BCUT2D eigenvalue weighted by atomic mass is 9.84. The smallest absolute Gasteiger partial charge is 0.225 e. The minimum Gasteiger partial charge on any atom is -0.497 e. The Balaban J connectivity index is 1.19. The number of amides is 2. The van der Waals surface area contributed by atoms with Crippen LogP contribution in [0.25, 0.3) is 0 Å². The zero-order valence-electron chi connectivity index (χ0n) is 18.8. The maximum absolute atomic E-state index is 13.0. The van der Waals surface area contributed by atoms with E-state index in [-0.39, 0.29) is 23.3 Å². The van der Waals surface area contributed by atoms with Gasteiger partial charge in [-0.05, 0) is 69.1 Å². The van der Waals surface area contributed by atoms with E-state index in [0.29, 0.717) is 19.5 Å².